The number of anilines is 1. The summed E-state index contributed by atoms with van der Waals surface area (Å²) in [6.45, 7) is 2.87. The van der Waals surface area contributed by atoms with Crippen molar-refractivity contribution in [3.63, 3.8) is 0 Å². The highest BCUT2D eigenvalue weighted by atomic mass is 32.1. The highest BCUT2D eigenvalue weighted by Crippen LogP contribution is 2.13. The lowest BCUT2D eigenvalue weighted by molar-refractivity contribution is 0.893. The first-order chi connectivity index (χ1) is 6.16. The Kier molecular flexibility index (Phi) is 3.13. The van der Waals surface area contributed by atoms with Crippen LogP contribution in [-0.2, 0) is 0 Å². The molecule has 0 amide bonds. The minimum atomic E-state index is 0.352. The van der Waals surface area contributed by atoms with E-state index in [1.54, 1.807) is 12.3 Å². The van der Waals surface area contributed by atoms with Gasteiger partial charge in [0.2, 0.25) is 0 Å². The second-order valence-electron chi connectivity index (χ2n) is 2.65. The Labute approximate surface area is 82.8 Å². The van der Waals surface area contributed by atoms with Gasteiger partial charge in [0.15, 0.2) is 5.82 Å². The second kappa shape index (κ2) is 4.13. The smallest absolute Gasteiger partial charge is 0.161 e. The van der Waals surface area contributed by atoms with Crippen LogP contribution in [0, 0.1) is 0 Å². The van der Waals surface area contributed by atoms with E-state index in [0.717, 1.165) is 17.9 Å². The van der Waals surface area contributed by atoms with E-state index in [2.05, 4.69) is 10.2 Å². The first kappa shape index (κ1) is 9.85. The van der Waals surface area contributed by atoms with Crippen molar-refractivity contribution in [1.29, 1.82) is 0 Å². The summed E-state index contributed by atoms with van der Waals surface area (Å²) in [4.78, 5) is 2.30. The fourth-order valence-corrected chi connectivity index (χ4v) is 1.11. The van der Waals surface area contributed by atoms with Crippen LogP contribution >= 0.6 is 12.2 Å². The van der Waals surface area contributed by atoms with Crippen LogP contribution in [0.5, 0.6) is 0 Å². The Hall–Kier alpha value is -1.23. The fraction of sp³-hybridized carbons (Fsp3) is 0.375. The Morgan fingerprint density at radius 2 is 2.38 bits per heavy atom. The molecule has 0 saturated heterocycles. The zero-order chi connectivity index (χ0) is 9.84. The summed E-state index contributed by atoms with van der Waals surface area (Å²) in [7, 11) is 1.92. The molecule has 13 heavy (non-hydrogen) atoms. The molecule has 0 radical (unpaired) electrons. The SMILES string of the molecule is CCN(C)c1nnccc1C(N)=S. The standard InChI is InChI=1S/C8H12N4S/c1-3-12(2)8-6(7(9)13)4-5-10-11-8/h4-5H,3H2,1-2H3,(H2,9,13). The highest BCUT2D eigenvalue weighted by Gasteiger charge is 2.09. The molecule has 0 aliphatic rings. The van der Waals surface area contributed by atoms with Crippen LogP contribution in [0.2, 0.25) is 0 Å². The number of nitrogens with zero attached hydrogens (tertiary/aromatic N) is 3. The second-order valence-corrected chi connectivity index (χ2v) is 3.09. The molecule has 1 aromatic rings. The van der Waals surface area contributed by atoms with E-state index in [4.69, 9.17) is 18.0 Å². The summed E-state index contributed by atoms with van der Waals surface area (Å²) in [5.41, 5.74) is 6.32. The third kappa shape index (κ3) is 2.12. The lowest BCUT2D eigenvalue weighted by Gasteiger charge is -2.17. The molecule has 4 nitrogen and oxygen atoms in total. The zero-order valence-corrected chi connectivity index (χ0v) is 8.51. The molecular weight excluding hydrogens is 184 g/mol. The van der Waals surface area contributed by atoms with Gasteiger partial charge in [-0.05, 0) is 13.0 Å². The van der Waals surface area contributed by atoms with E-state index >= 15 is 0 Å². The zero-order valence-electron chi connectivity index (χ0n) is 7.69. The Balaban J connectivity index is 3.11. The van der Waals surface area contributed by atoms with Gasteiger partial charge in [-0.15, -0.1) is 5.10 Å². The molecule has 0 aliphatic carbocycles. The van der Waals surface area contributed by atoms with E-state index in [1.807, 2.05) is 18.9 Å². The monoisotopic (exact) mass is 196 g/mol. The van der Waals surface area contributed by atoms with Crippen molar-refractivity contribution in [2.75, 3.05) is 18.5 Å². The van der Waals surface area contributed by atoms with Gasteiger partial charge in [-0.3, -0.25) is 0 Å². The van der Waals surface area contributed by atoms with Crippen molar-refractivity contribution in [2.45, 2.75) is 6.92 Å². The van der Waals surface area contributed by atoms with Crippen LogP contribution in [-0.4, -0.2) is 28.8 Å². The van der Waals surface area contributed by atoms with Gasteiger partial charge in [0.05, 0.1) is 11.8 Å². The molecule has 0 unspecified atom stereocenters. The topological polar surface area (TPSA) is 55.0 Å². The fourth-order valence-electron chi connectivity index (χ4n) is 0.948. The molecule has 0 saturated carbocycles. The first-order valence-electron chi connectivity index (χ1n) is 3.99. The summed E-state index contributed by atoms with van der Waals surface area (Å²) in [6, 6.07) is 1.77. The number of hydrogen-bond acceptors (Lipinski definition) is 4. The Morgan fingerprint density at radius 1 is 1.69 bits per heavy atom. The van der Waals surface area contributed by atoms with Crippen molar-refractivity contribution in [3.05, 3.63) is 17.8 Å². The minimum absolute atomic E-state index is 0.352. The van der Waals surface area contributed by atoms with Crippen molar-refractivity contribution in [2.24, 2.45) is 5.73 Å². The van der Waals surface area contributed by atoms with Crippen molar-refractivity contribution in [3.8, 4) is 0 Å². The maximum absolute atomic E-state index is 5.54. The van der Waals surface area contributed by atoms with Crippen LogP contribution in [0.25, 0.3) is 0 Å². The van der Waals surface area contributed by atoms with Gasteiger partial charge in [0.1, 0.15) is 4.99 Å². The summed E-state index contributed by atoms with van der Waals surface area (Å²) >= 11 is 4.90. The Bertz CT molecular complexity index is 313. The minimum Gasteiger partial charge on any atom is -0.389 e. The van der Waals surface area contributed by atoms with Crippen molar-refractivity contribution >= 4 is 23.0 Å². The molecule has 0 spiro atoms. The summed E-state index contributed by atoms with van der Waals surface area (Å²) in [5, 5.41) is 7.77. The third-order valence-corrected chi connectivity index (χ3v) is 2.02. The van der Waals surface area contributed by atoms with Crippen molar-refractivity contribution in [1.82, 2.24) is 10.2 Å². The van der Waals surface area contributed by atoms with Crippen LogP contribution < -0.4 is 10.6 Å². The quantitative estimate of drug-likeness (QED) is 0.716. The maximum Gasteiger partial charge on any atom is 0.161 e. The molecule has 1 aromatic heterocycles. The third-order valence-electron chi connectivity index (χ3n) is 1.80. The lowest BCUT2D eigenvalue weighted by Crippen LogP contribution is -2.23. The van der Waals surface area contributed by atoms with Crippen LogP contribution in [0.15, 0.2) is 12.3 Å². The predicted octanol–water partition coefficient (Wildman–Crippen LogP) is 0.567. The molecule has 70 valence electrons. The van der Waals surface area contributed by atoms with Crippen LogP contribution in [0.1, 0.15) is 12.5 Å². The van der Waals surface area contributed by atoms with Gasteiger partial charge in [-0.25, -0.2) is 0 Å². The van der Waals surface area contributed by atoms with Gasteiger partial charge in [0, 0.05) is 13.6 Å². The molecular formula is C8H12N4S. The molecule has 0 fully saturated rings. The number of aromatic nitrogens is 2. The molecule has 0 aliphatic heterocycles. The molecule has 1 rings (SSSR count). The number of hydrogen-bond donors (Lipinski definition) is 1. The molecule has 1 heterocycles. The van der Waals surface area contributed by atoms with Gasteiger partial charge in [-0.1, -0.05) is 12.2 Å². The van der Waals surface area contributed by atoms with Crippen LogP contribution in [0.4, 0.5) is 5.82 Å². The molecule has 0 bridgehead atoms. The van der Waals surface area contributed by atoms with E-state index in [9.17, 15) is 0 Å². The number of rotatable bonds is 3. The van der Waals surface area contributed by atoms with E-state index in [1.165, 1.54) is 0 Å². The van der Waals surface area contributed by atoms with E-state index in [0.29, 0.717) is 4.99 Å². The first-order valence-corrected chi connectivity index (χ1v) is 4.40. The molecule has 0 atom stereocenters. The average molecular weight is 196 g/mol. The van der Waals surface area contributed by atoms with Gasteiger partial charge < -0.3 is 10.6 Å². The molecule has 0 aromatic carbocycles. The highest BCUT2D eigenvalue weighted by molar-refractivity contribution is 7.80. The Morgan fingerprint density at radius 3 is 2.92 bits per heavy atom. The van der Waals surface area contributed by atoms with Crippen molar-refractivity contribution < 1.29 is 0 Å². The summed E-state index contributed by atoms with van der Waals surface area (Å²) in [6.07, 6.45) is 1.58. The molecule has 2 N–H and O–H groups in total. The maximum atomic E-state index is 5.54. The summed E-state index contributed by atoms with van der Waals surface area (Å²) < 4.78 is 0. The van der Waals surface area contributed by atoms with Crippen LogP contribution in [0.3, 0.4) is 0 Å². The summed E-state index contributed by atoms with van der Waals surface area (Å²) in [5.74, 6) is 0.734. The number of thiocarbonyl (C=S) groups is 1. The van der Waals surface area contributed by atoms with E-state index in [-0.39, 0.29) is 0 Å². The van der Waals surface area contributed by atoms with Gasteiger partial charge in [0.25, 0.3) is 0 Å². The normalized spacial score (nSPS) is 9.69. The largest absolute Gasteiger partial charge is 0.389 e. The predicted molar refractivity (Wildman–Crippen MR) is 56.9 cm³/mol. The number of nitrogens with two attached hydrogens (primary N) is 1. The van der Waals surface area contributed by atoms with Gasteiger partial charge in [-0.2, -0.15) is 5.10 Å². The van der Waals surface area contributed by atoms with Gasteiger partial charge >= 0.3 is 0 Å². The lowest BCUT2D eigenvalue weighted by atomic mass is 10.2. The average Bonchev–Trinajstić information content (AvgIpc) is 2.16. The molecule has 5 heteroatoms. The van der Waals surface area contributed by atoms with E-state index < -0.39 is 0 Å².